The molecule has 0 radical (unpaired) electrons. The molecule has 1 N–H and O–H groups in total. The van der Waals surface area contributed by atoms with E-state index in [2.05, 4.69) is 15.3 Å². The van der Waals surface area contributed by atoms with Crippen LogP contribution in [0.2, 0.25) is 0 Å². The van der Waals surface area contributed by atoms with E-state index in [4.69, 9.17) is 0 Å². The van der Waals surface area contributed by atoms with Crippen LogP contribution in [0.1, 0.15) is 5.69 Å². The second kappa shape index (κ2) is 5.69. The molecule has 2 heterocycles. The fourth-order valence-corrected chi connectivity index (χ4v) is 1.47. The van der Waals surface area contributed by atoms with Crippen LogP contribution in [0.25, 0.3) is 0 Å². The molecule has 0 aliphatic heterocycles. The summed E-state index contributed by atoms with van der Waals surface area (Å²) in [6, 6.07) is 0.913. The third kappa shape index (κ3) is 3.22. The Morgan fingerprint density at radius 3 is 2.52 bits per heavy atom. The molecule has 10 heteroatoms. The summed E-state index contributed by atoms with van der Waals surface area (Å²) in [6.45, 7) is -0.426. The van der Waals surface area contributed by atoms with Crippen LogP contribution < -0.4 is 5.32 Å². The van der Waals surface area contributed by atoms with Gasteiger partial charge in [-0.15, -0.1) is 0 Å². The van der Waals surface area contributed by atoms with Crippen LogP contribution in [-0.2, 0) is 6.54 Å². The van der Waals surface area contributed by atoms with Crippen LogP contribution in [0, 0.1) is 33.5 Å². The summed E-state index contributed by atoms with van der Waals surface area (Å²) in [5.74, 6) is -5.51. The van der Waals surface area contributed by atoms with Gasteiger partial charge in [-0.3, -0.25) is 15.1 Å². The van der Waals surface area contributed by atoms with Gasteiger partial charge in [-0.1, -0.05) is 0 Å². The molecule has 0 unspecified atom stereocenters. The molecule has 0 atom stereocenters. The Kier molecular flexibility index (Phi) is 3.96. The zero-order chi connectivity index (χ0) is 15.6. The van der Waals surface area contributed by atoms with E-state index >= 15 is 0 Å². The normalized spacial score (nSPS) is 10.5. The number of halogens is 4. The van der Waals surface area contributed by atoms with Crippen molar-refractivity contribution in [3.05, 3.63) is 57.5 Å². The summed E-state index contributed by atoms with van der Waals surface area (Å²) < 4.78 is 51.9. The standard InChI is InChI=1S/C11H6F4N4O2/c12-5-1-6(13)8(16-3-5)4-17-11-9(19(20)21)2-7(14)10(15)18-11/h1-3H,4H2,(H,17,18). The van der Waals surface area contributed by atoms with Crippen LogP contribution >= 0.6 is 0 Å². The van der Waals surface area contributed by atoms with Gasteiger partial charge in [-0.2, -0.15) is 9.37 Å². The monoisotopic (exact) mass is 302 g/mol. The molecule has 21 heavy (non-hydrogen) atoms. The van der Waals surface area contributed by atoms with Crippen molar-refractivity contribution in [2.75, 3.05) is 5.32 Å². The van der Waals surface area contributed by atoms with E-state index in [1.165, 1.54) is 0 Å². The van der Waals surface area contributed by atoms with E-state index in [0.717, 1.165) is 6.20 Å². The summed E-state index contributed by atoms with van der Waals surface area (Å²) >= 11 is 0. The summed E-state index contributed by atoms with van der Waals surface area (Å²) in [5, 5.41) is 13.0. The molecular weight excluding hydrogens is 296 g/mol. The van der Waals surface area contributed by atoms with Gasteiger partial charge in [0.1, 0.15) is 11.6 Å². The zero-order valence-corrected chi connectivity index (χ0v) is 10.1. The first-order valence-corrected chi connectivity index (χ1v) is 5.42. The first kappa shape index (κ1) is 14.6. The summed E-state index contributed by atoms with van der Waals surface area (Å²) in [5.41, 5.74) is -1.09. The van der Waals surface area contributed by atoms with Crippen LogP contribution in [-0.4, -0.2) is 14.9 Å². The maximum atomic E-state index is 13.3. The van der Waals surface area contributed by atoms with E-state index in [9.17, 15) is 27.7 Å². The highest BCUT2D eigenvalue weighted by molar-refractivity contribution is 5.55. The van der Waals surface area contributed by atoms with E-state index < -0.39 is 46.4 Å². The Hall–Kier alpha value is -2.78. The third-order valence-electron chi connectivity index (χ3n) is 2.42. The number of aromatic nitrogens is 2. The van der Waals surface area contributed by atoms with E-state index in [1.807, 2.05) is 0 Å². The number of hydrogen-bond donors (Lipinski definition) is 1. The maximum Gasteiger partial charge on any atom is 0.314 e. The van der Waals surface area contributed by atoms with Crippen LogP contribution in [0.3, 0.4) is 0 Å². The van der Waals surface area contributed by atoms with Crippen molar-refractivity contribution in [3.8, 4) is 0 Å². The largest absolute Gasteiger partial charge is 0.358 e. The first-order chi connectivity index (χ1) is 9.88. The molecule has 0 aromatic carbocycles. The lowest BCUT2D eigenvalue weighted by atomic mass is 10.3. The van der Waals surface area contributed by atoms with E-state index in [1.54, 1.807) is 0 Å². The minimum Gasteiger partial charge on any atom is -0.358 e. The molecule has 2 aromatic heterocycles. The third-order valence-corrected chi connectivity index (χ3v) is 2.42. The molecule has 110 valence electrons. The maximum absolute atomic E-state index is 13.3. The number of anilines is 1. The van der Waals surface area contributed by atoms with Crippen molar-refractivity contribution in [2.45, 2.75) is 6.54 Å². The van der Waals surface area contributed by atoms with Crippen molar-refractivity contribution >= 4 is 11.5 Å². The molecule has 0 saturated carbocycles. The van der Waals surface area contributed by atoms with Gasteiger partial charge in [0.15, 0.2) is 5.82 Å². The number of hydrogen-bond acceptors (Lipinski definition) is 5. The van der Waals surface area contributed by atoms with Crippen LogP contribution in [0.5, 0.6) is 0 Å². The van der Waals surface area contributed by atoms with Crippen LogP contribution in [0.4, 0.5) is 29.1 Å². The Morgan fingerprint density at radius 1 is 1.19 bits per heavy atom. The smallest absolute Gasteiger partial charge is 0.314 e. The van der Waals surface area contributed by atoms with E-state index in [-0.39, 0.29) is 5.69 Å². The van der Waals surface area contributed by atoms with Crippen LogP contribution in [0.15, 0.2) is 18.3 Å². The number of nitrogens with zero attached hydrogens (tertiary/aromatic N) is 3. The number of rotatable bonds is 4. The molecule has 2 aromatic rings. The molecule has 0 saturated heterocycles. The minimum atomic E-state index is -1.55. The average molecular weight is 302 g/mol. The van der Waals surface area contributed by atoms with Gasteiger partial charge < -0.3 is 5.32 Å². The zero-order valence-electron chi connectivity index (χ0n) is 10.1. The lowest BCUT2D eigenvalue weighted by Gasteiger charge is -2.07. The Bertz CT molecular complexity index is 711. The fraction of sp³-hybridized carbons (Fsp3) is 0.0909. The quantitative estimate of drug-likeness (QED) is 0.406. The summed E-state index contributed by atoms with van der Waals surface area (Å²) in [7, 11) is 0. The molecule has 0 spiro atoms. The Labute approximate surface area is 114 Å². The number of pyridine rings is 2. The highest BCUT2D eigenvalue weighted by Gasteiger charge is 2.20. The highest BCUT2D eigenvalue weighted by Crippen LogP contribution is 2.24. The first-order valence-electron chi connectivity index (χ1n) is 5.42. The Balaban J connectivity index is 2.27. The van der Waals surface area contributed by atoms with Crippen molar-refractivity contribution in [1.29, 1.82) is 0 Å². The van der Waals surface area contributed by atoms with Crippen molar-refractivity contribution in [2.24, 2.45) is 0 Å². The second-order valence-corrected chi connectivity index (χ2v) is 3.82. The fourth-order valence-electron chi connectivity index (χ4n) is 1.47. The molecule has 0 aliphatic carbocycles. The molecular formula is C11H6F4N4O2. The molecule has 0 amide bonds. The molecule has 0 fully saturated rings. The van der Waals surface area contributed by atoms with Gasteiger partial charge in [-0.25, -0.2) is 13.2 Å². The Morgan fingerprint density at radius 2 is 1.90 bits per heavy atom. The topological polar surface area (TPSA) is 81.0 Å². The van der Waals surface area contributed by atoms with Crippen molar-refractivity contribution in [3.63, 3.8) is 0 Å². The van der Waals surface area contributed by atoms with E-state index in [0.29, 0.717) is 12.1 Å². The average Bonchev–Trinajstić information content (AvgIpc) is 2.41. The molecule has 0 aliphatic rings. The summed E-state index contributed by atoms with van der Waals surface area (Å²) in [6.07, 6.45) is 0.743. The van der Waals surface area contributed by atoms with Crippen molar-refractivity contribution < 1.29 is 22.5 Å². The molecule has 0 bridgehead atoms. The van der Waals surface area contributed by atoms with Gasteiger partial charge >= 0.3 is 5.69 Å². The predicted octanol–water partition coefficient (Wildman–Crippen LogP) is 2.55. The van der Waals surface area contributed by atoms with Crippen molar-refractivity contribution in [1.82, 2.24) is 9.97 Å². The van der Waals surface area contributed by atoms with Gasteiger partial charge in [0.2, 0.25) is 5.82 Å². The molecule has 2 rings (SSSR count). The highest BCUT2D eigenvalue weighted by atomic mass is 19.2. The lowest BCUT2D eigenvalue weighted by molar-refractivity contribution is -0.384. The van der Waals surface area contributed by atoms with Gasteiger partial charge in [0.25, 0.3) is 5.95 Å². The predicted molar refractivity (Wildman–Crippen MR) is 62.3 cm³/mol. The molecule has 6 nitrogen and oxygen atoms in total. The lowest BCUT2D eigenvalue weighted by Crippen LogP contribution is -2.09. The number of nitrogens with one attached hydrogen (secondary N) is 1. The SMILES string of the molecule is O=[N+]([O-])c1cc(F)c(F)nc1NCc1ncc(F)cc1F. The van der Waals surface area contributed by atoms with Gasteiger partial charge in [0.05, 0.1) is 29.4 Å². The number of nitro groups is 1. The summed E-state index contributed by atoms with van der Waals surface area (Å²) in [4.78, 5) is 16.2. The van der Waals surface area contributed by atoms with Gasteiger partial charge in [0, 0.05) is 6.07 Å². The minimum absolute atomic E-state index is 0.266. The second-order valence-electron chi connectivity index (χ2n) is 3.82. The van der Waals surface area contributed by atoms with Gasteiger partial charge in [-0.05, 0) is 0 Å².